The van der Waals surface area contributed by atoms with E-state index in [0.717, 1.165) is 6.54 Å². The Morgan fingerprint density at radius 2 is 1.07 bits per heavy atom. The molecule has 2 radical (unpaired) electrons. The van der Waals surface area contributed by atoms with Gasteiger partial charge >= 0.3 is 0 Å². The van der Waals surface area contributed by atoms with Crippen LogP contribution in [0.5, 0.6) is 0 Å². The summed E-state index contributed by atoms with van der Waals surface area (Å²) in [5.41, 5.74) is 5.31. The third-order valence-corrected chi connectivity index (χ3v) is 2.01. The molecule has 0 saturated heterocycles. The molecule has 0 unspecified atom stereocenters. The summed E-state index contributed by atoms with van der Waals surface area (Å²) in [6.07, 6.45) is 10.7. The normalized spacial score (nSPS) is 8.33. The molecule has 0 aliphatic carbocycles. The predicted octanol–water partition coefficient (Wildman–Crippen LogP) is 4.32. The van der Waals surface area contributed by atoms with E-state index in [0.29, 0.717) is 0 Å². The van der Waals surface area contributed by atoms with Gasteiger partial charge in [0.15, 0.2) is 0 Å². The number of rotatable bonds is 7. The molecule has 0 rings (SSSR count). The molecule has 0 spiro atoms. The maximum absolute atomic E-state index is 5.31. The molecule has 0 aliphatic rings. The zero-order valence-corrected chi connectivity index (χ0v) is 11.5. The maximum atomic E-state index is 5.31. The van der Waals surface area contributed by atoms with Gasteiger partial charge < -0.3 is 5.73 Å². The third-order valence-electron chi connectivity index (χ3n) is 2.01. The molecule has 0 aliphatic heterocycles. The Hall–Kier alpha value is 0.0249. The Labute approximate surface area is 99.6 Å². The topological polar surface area (TPSA) is 26.0 Å². The number of unbranched alkanes of at least 4 members (excludes halogenated alkanes) is 6. The van der Waals surface area contributed by atoms with Crippen LogP contribution in [-0.2, 0) is 0 Å². The van der Waals surface area contributed by atoms with Crippen molar-refractivity contribution in [2.24, 2.45) is 5.73 Å². The molecule has 0 heterocycles. The van der Waals surface area contributed by atoms with Crippen LogP contribution < -0.4 is 5.73 Å². The summed E-state index contributed by atoms with van der Waals surface area (Å²) in [7, 11) is 4.50. The molecule has 15 heavy (non-hydrogen) atoms. The Morgan fingerprint density at radius 1 is 0.667 bits per heavy atom. The van der Waals surface area contributed by atoms with E-state index >= 15 is 0 Å². The highest BCUT2D eigenvalue weighted by molar-refractivity contribution is 6.05. The van der Waals surface area contributed by atoms with Gasteiger partial charge in [0.05, 0.1) is 7.85 Å². The van der Waals surface area contributed by atoms with Crippen molar-refractivity contribution in [2.75, 3.05) is 6.54 Å². The van der Waals surface area contributed by atoms with Crippen LogP contribution in [0.4, 0.5) is 0 Å². The van der Waals surface area contributed by atoms with Crippen LogP contribution in [0.1, 0.15) is 72.1 Å². The van der Waals surface area contributed by atoms with Crippen molar-refractivity contribution in [3.05, 3.63) is 0 Å². The third kappa shape index (κ3) is 41.1. The molecule has 1 nitrogen and oxygen atoms in total. The van der Waals surface area contributed by atoms with Gasteiger partial charge in [-0.15, -0.1) is 0 Å². The van der Waals surface area contributed by atoms with Gasteiger partial charge in [-0.05, 0) is 13.0 Å². The second kappa shape index (κ2) is 29.2. The zero-order valence-electron chi connectivity index (χ0n) is 11.5. The minimum Gasteiger partial charge on any atom is -0.330 e. The van der Waals surface area contributed by atoms with Crippen LogP contribution in [0, 0.1) is 0 Å². The largest absolute Gasteiger partial charge is 0.330 e. The maximum Gasteiger partial charge on any atom is 0.0606 e. The van der Waals surface area contributed by atoms with E-state index in [1.165, 1.54) is 58.2 Å². The van der Waals surface area contributed by atoms with Crippen LogP contribution in [-0.4, -0.2) is 14.4 Å². The summed E-state index contributed by atoms with van der Waals surface area (Å²) < 4.78 is 0. The van der Waals surface area contributed by atoms with E-state index in [1.54, 1.807) is 0 Å². The first-order chi connectivity index (χ1) is 7.33. The smallest absolute Gasteiger partial charge is 0.0606 e. The summed E-state index contributed by atoms with van der Waals surface area (Å²) >= 11 is 0. The molecular formula is C13H32BN. The summed E-state index contributed by atoms with van der Waals surface area (Å²) in [4.78, 5) is 0. The van der Waals surface area contributed by atoms with Crippen LogP contribution >= 0.6 is 0 Å². The Balaban J connectivity index is -0.000000177. The van der Waals surface area contributed by atoms with Crippen LogP contribution in [0.25, 0.3) is 0 Å². The Bertz CT molecular complexity index is 59.6. The Morgan fingerprint density at radius 3 is 1.33 bits per heavy atom. The lowest BCUT2D eigenvalue weighted by Gasteiger charge is -1.93. The fourth-order valence-corrected chi connectivity index (χ4v) is 1.10. The van der Waals surface area contributed by atoms with Crippen molar-refractivity contribution >= 4 is 7.85 Å². The summed E-state index contributed by atoms with van der Waals surface area (Å²) in [6.45, 7) is 9.01. The first-order valence-electron chi connectivity index (χ1n) is 6.61. The van der Waals surface area contributed by atoms with Crippen molar-refractivity contribution < 1.29 is 0 Å². The highest BCUT2D eigenvalue weighted by Crippen LogP contribution is 2.00. The van der Waals surface area contributed by atoms with Crippen molar-refractivity contribution in [3.8, 4) is 0 Å². The van der Waals surface area contributed by atoms with Gasteiger partial charge in [-0.25, -0.2) is 0 Å². The van der Waals surface area contributed by atoms with E-state index in [4.69, 9.17) is 5.73 Å². The van der Waals surface area contributed by atoms with E-state index in [-0.39, 0.29) is 0 Å². The molecule has 2 N–H and O–H groups in total. The molecule has 92 valence electrons. The summed E-state index contributed by atoms with van der Waals surface area (Å²) in [6, 6.07) is 0. The molecule has 0 bridgehead atoms. The lowest BCUT2D eigenvalue weighted by Crippen LogP contribution is -1.97. The molecule has 0 aromatic heterocycles. The average molecular weight is 213 g/mol. The lowest BCUT2D eigenvalue weighted by atomic mass is 10.2. The van der Waals surface area contributed by atoms with E-state index < -0.39 is 0 Å². The van der Waals surface area contributed by atoms with Crippen LogP contribution in [0.3, 0.4) is 0 Å². The number of hydrogen-bond acceptors (Lipinski definition) is 1. The van der Waals surface area contributed by atoms with Gasteiger partial charge in [-0.2, -0.15) is 0 Å². The molecular weight excluding hydrogens is 181 g/mol. The van der Waals surface area contributed by atoms with Crippen molar-refractivity contribution in [1.29, 1.82) is 0 Å². The highest BCUT2D eigenvalue weighted by atomic mass is 14.5. The minimum absolute atomic E-state index is 0.865. The predicted molar refractivity (Wildman–Crippen MR) is 74.6 cm³/mol. The number of hydrogen-bond donors (Lipinski definition) is 1. The quantitative estimate of drug-likeness (QED) is 0.494. The Kier molecular flexibility index (Phi) is 39.8. The zero-order chi connectivity index (χ0) is 12.4. The standard InChI is InChI=1S/C7H17N.C5H12.CH3B/c1-2-3-4-5-6-7-8;1-3-5-4-2;1-2/h2-8H2,1H3;3-5H2,1-2H3;1H3. The SMILES string of the molecule is CCCCC.CCCCCCCN.[B]C. The van der Waals surface area contributed by atoms with Crippen molar-refractivity contribution in [2.45, 2.75) is 79.0 Å². The fraction of sp³-hybridized carbons (Fsp3) is 1.00. The van der Waals surface area contributed by atoms with E-state index in [1.807, 2.05) is 0 Å². The number of nitrogens with two attached hydrogens (primary N) is 1. The molecule has 2 heteroatoms. The van der Waals surface area contributed by atoms with E-state index in [9.17, 15) is 0 Å². The highest BCUT2D eigenvalue weighted by Gasteiger charge is 1.83. The van der Waals surface area contributed by atoms with Gasteiger partial charge in [0, 0.05) is 0 Å². The monoisotopic (exact) mass is 213 g/mol. The second-order valence-corrected chi connectivity index (χ2v) is 3.56. The van der Waals surface area contributed by atoms with Crippen molar-refractivity contribution in [3.63, 3.8) is 0 Å². The first kappa shape index (κ1) is 20.4. The molecule has 0 aromatic rings. The lowest BCUT2D eigenvalue weighted by molar-refractivity contribution is 0.638. The molecule has 0 aromatic carbocycles. The van der Waals surface area contributed by atoms with Gasteiger partial charge in [0.2, 0.25) is 0 Å². The minimum atomic E-state index is 0.865. The fourth-order valence-electron chi connectivity index (χ4n) is 1.10. The second-order valence-electron chi connectivity index (χ2n) is 3.56. The van der Waals surface area contributed by atoms with Gasteiger partial charge in [-0.3, -0.25) is 0 Å². The first-order valence-corrected chi connectivity index (χ1v) is 6.61. The van der Waals surface area contributed by atoms with Gasteiger partial charge in [-0.1, -0.05) is 72.5 Å². The average Bonchev–Trinajstić information content (AvgIpc) is 2.29. The van der Waals surface area contributed by atoms with E-state index in [2.05, 4.69) is 28.6 Å². The summed E-state index contributed by atoms with van der Waals surface area (Å²) in [5.74, 6) is 0. The summed E-state index contributed by atoms with van der Waals surface area (Å²) in [5, 5.41) is 0. The molecule has 0 amide bonds. The van der Waals surface area contributed by atoms with Crippen molar-refractivity contribution in [1.82, 2.24) is 0 Å². The van der Waals surface area contributed by atoms with Crippen LogP contribution in [0.2, 0.25) is 6.82 Å². The molecule has 0 saturated carbocycles. The van der Waals surface area contributed by atoms with Crippen LogP contribution in [0.15, 0.2) is 0 Å². The molecule has 0 atom stereocenters. The van der Waals surface area contributed by atoms with Gasteiger partial charge in [0.25, 0.3) is 0 Å². The molecule has 0 fully saturated rings. The van der Waals surface area contributed by atoms with Gasteiger partial charge in [0.1, 0.15) is 0 Å².